The van der Waals surface area contributed by atoms with Gasteiger partial charge < -0.3 is 16.0 Å². The molecule has 6 rings (SSSR count). The summed E-state index contributed by atoms with van der Waals surface area (Å²) in [6.45, 7) is 12.3. The van der Waals surface area contributed by atoms with Gasteiger partial charge in [-0.25, -0.2) is 50.5 Å². The van der Waals surface area contributed by atoms with E-state index in [0.717, 1.165) is 64.7 Å². The number of benzene rings is 6. The lowest BCUT2D eigenvalue weighted by Crippen LogP contribution is -2.30. The van der Waals surface area contributed by atoms with Crippen LogP contribution in [0.3, 0.4) is 0 Å². The van der Waals surface area contributed by atoms with E-state index in [9.17, 15) is 50.5 Å². The predicted molar refractivity (Wildman–Crippen MR) is 288 cm³/mol. The number of hydrogen-bond donors (Lipinski definition) is 5. The van der Waals surface area contributed by atoms with E-state index in [1.165, 1.54) is 24.3 Å². The molecule has 0 radical (unpaired) electrons. The number of nitrogens with two attached hydrogens (primary N) is 1. The lowest BCUT2D eigenvalue weighted by atomic mass is 10.1. The molecule has 0 aliphatic carbocycles. The van der Waals surface area contributed by atoms with E-state index in [1.54, 1.807) is 85.2 Å². The lowest BCUT2D eigenvalue weighted by molar-refractivity contribution is 0.577. The Hall–Kier alpha value is -3.96. The van der Waals surface area contributed by atoms with Crippen LogP contribution in [-0.2, 0) is 60.1 Å². The van der Waals surface area contributed by atoms with Crippen LogP contribution < -0.4 is 28.3 Å². The van der Waals surface area contributed by atoms with E-state index >= 15 is 0 Å². The van der Waals surface area contributed by atoms with Crippen LogP contribution >= 0.6 is 31.9 Å². The summed E-state index contributed by atoms with van der Waals surface area (Å²) in [5.41, 5.74) is 7.90. The Morgan fingerprint density at radius 2 is 0.739 bits per heavy atom. The molecule has 0 bridgehead atoms. The molecule has 18 nitrogen and oxygen atoms in total. The third-order valence-corrected chi connectivity index (χ3v) is 17.9. The number of sulfonamides is 6. The molecule has 0 aliphatic rings. The second-order valence-corrected chi connectivity index (χ2v) is 27.5. The first-order valence-corrected chi connectivity index (χ1v) is 33.0. The zero-order valence-corrected chi connectivity index (χ0v) is 47.1. The second-order valence-electron chi connectivity index (χ2n) is 14.3. The monoisotopic (exact) mass is 1200 g/mol. The number of nitrogen functional groups attached to an aromatic ring is 1. The zero-order valence-electron chi connectivity index (χ0n) is 39.1. The number of alkyl halides is 2. The van der Waals surface area contributed by atoms with Gasteiger partial charge in [0.2, 0.25) is 30.1 Å². The quantitative estimate of drug-likeness (QED) is 0.0548. The highest BCUT2D eigenvalue weighted by molar-refractivity contribution is 9.09. The SMILES string of the molecule is CCBr.CCBr.CCN(CC)c1ccc(S(=O)(=O)NS(C)(=O)=O)c2ccccc12.CCNc1ccc(S(=O)(=O)NS(C)(=O)=O)c2ccccc12.CS(=O)(=O)NS(=O)(=O)c1ccc(N)c2ccccc12. The molecule has 0 spiro atoms. The largest absolute Gasteiger partial charge is 0.398 e. The van der Waals surface area contributed by atoms with Crippen molar-refractivity contribution in [1.29, 1.82) is 0 Å². The first-order valence-electron chi connectivity index (χ1n) is 20.6. The van der Waals surface area contributed by atoms with Crippen LogP contribution in [0.2, 0.25) is 0 Å². The first kappa shape index (κ1) is 61.2. The fourth-order valence-corrected chi connectivity index (χ4v) is 14.4. The van der Waals surface area contributed by atoms with Gasteiger partial charge in [0.25, 0.3) is 30.1 Å². The Balaban J connectivity index is 0.000000336. The molecule has 26 heteroatoms. The van der Waals surface area contributed by atoms with Crippen LogP contribution in [0.4, 0.5) is 17.1 Å². The van der Waals surface area contributed by atoms with Crippen molar-refractivity contribution in [2.45, 2.75) is 49.3 Å². The molecule has 0 unspecified atom stereocenters. The molecule has 382 valence electrons. The number of halogens is 2. The molecule has 0 atom stereocenters. The normalized spacial score (nSPS) is 12.0. The molecule has 0 saturated heterocycles. The molecule has 0 heterocycles. The number of nitrogens with one attached hydrogen (secondary N) is 4. The summed E-state index contributed by atoms with van der Waals surface area (Å²) in [6.07, 6.45) is 2.40. The minimum atomic E-state index is -4.16. The van der Waals surface area contributed by atoms with Crippen LogP contribution in [0, 0.1) is 0 Å². The van der Waals surface area contributed by atoms with Crippen molar-refractivity contribution in [2.75, 3.05) is 65.0 Å². The number of nitrogens with zero attached hydrogens (tertiary/aromatic N) is 1. The molecule has 0 saturated carbocycles. The third-order valence-electron chi connectivity index (χ3n) is 8.79. The van der Waals surface area contributed by atoms with Crippen molar-refractivity contribution in [2.24, 2.45) is 0 Å². The van der Waals surface area contributed by atoms with Crippen LogP contribution in [0.5, 0.6) is 0 Å². The van der Waals surface area contributed by atoms with Gasteiger partial charge in [-0.2, -0.15) is 0 Å². The van der Waals surface area contributed by atoms with Crippen LogP contribution in [0.15, 0.2) is 124 Å². The number of fused-ring (bicyclic) bond motifs is 3. The molecule has 6 aromatic carbocycles. The summed E-state index contributed by atoms with van der Waals surface area (Å²) in [7, 11) is -24.1. The van der Waals surface area contributed by atoms with Crippen LogP contribution in [-0.4, -0.2) is 99.6 Å². The maximum atomic E-state index is 12.4. The van der Waals surface area contributed by atoms with Gasteiger partial charge in [0.1, 0.15) is 0 Å². The summed E-state index contributed by atoms with van der Waals surface area (Å²) in [6, 6.07) is 29.5. The summed E-state index contributed by atoms with van der Waals surface area (Å²) in [5, 5.41) is 8.64. The smallest absolute Gasteiger partial charge is 0.254 e. The van der Waals surface area contributed by atoms with Crippen molar-refractivity contribution >= 4 is 141 Å². The molecular formula is C43H58Br2N6O12S6. The van der Waals surface area contributed by atoms with E-state index < -0.39 is 60.1 Å². The van der Waals surface area contributed by atoms with Crippen LogP contribution in [0.1, 0.15) is 34.6 Å². The summed E-state index contributed by atoms with van der Waals surface area (Å²) in [5.74, 6) is 0. The lowest BCUT2D eigenvalue weighted by Gasteiger charge is -2.23. The fraction of sp³-hybridized carbons (Fsp3) is 0.302. The number of anilines is 3. The van der Waals surface area contributed by atoms with Crippen molar-refractivity contribution in [1.82, 2.24) is 12.4 Å². The molecule has 0 aromatic heterocycles. The van der Waals surface area contributed by atoms with E-state index in [0.29, 0.717) is 33.8 Å². The Kier molecular flexibility index (Phi) is 23.5. The van der Waals surface area contributed by atoms with Crippen molar-refractivity contribution in [3.8, 4) is 0 Å². The molecule has 0 amide bonds. The third kappa shape index (κ3) is 18.6. The van der Waals surface area contributed by atoms with Crippen molar-refractivity contribution < 1.29 is 50.5 Å². The maximum Gasteiger partial charge on any atom is 0.254 e. The molecular weight excluding hydrogens is 1140 g/mol. The molecule has 6 aromatic rings. The van der Waals surface area contributed by atoms with Gasteiger partial charge in [0, 0.05) is 79.7 Å². The van der Waals surface area contributed by atoms with E-state index in [1.807, 2.05) is 46.8 Å². The highest BCUT2D eigenvalue weighted by Crippen LogP contribution is 2.33. The average Bonchev–Trinajstić information content (AvgIpc) is 3.23. The van der Waals surface area contributed by atoms with Gasteiger partial charge in [-0.1, -0.05) is 119 Å². The van der Waals surface area contributed by atoms with E-state index in [2.05, 4.69) is 42.1 Å². The van der Waals surface area contributed by atoms with Gasteiger partial charge >= 0.3 is 0 Å². The highest BCUT2D eigenvalue weighted by atomic mass is 79.9. The van der Waals surface area contributed by atoms with Crippen molar-refractivity contribution in [3.63, 3.8) is 0 Å². The topological polar surface area (TPSA) is 282 Å². The van der Waals surface area contributed by atoms with E-state index in [4.69, 9.17) is 5.73 Å². The molecule has 6 N–H and O–H groups in total. The second kappa shape index (κ2) is 26.5. The first-order chi connectivity index (χ1) is 32.0. The Labute approximate surface area is 424 Å². The minimum absolute atomic E-state index is 0.0468. The molecule has 0 aliphatic heterocycles. The van der Waals surface area contributed by atoms with Crippen molar-refractivity contribution in [3.05, 3.63) is 109 Å². The standard InChI is InChI=1S/C15H20N2O4S2.C13H16N2O4S2.C11H12N2O4S2.2C2H5Br/c1-4-17(5-2)14-10-11-15(13-9-7-6-8-12(13)14)23(20,21)16-22(3,18)19;1-3-14-12-8-9-13(11-7-5-4-6-10(11)12)21(18,19)15-20(2,16)17;1-18(14,15)13-19(16,17)11-7-6-10(12)8-4-2-3-5-9(8)11;2*1-2-3/h6-11,16H,4-5H2,1-3H3;4-9,14-15H,3H2,1-2H3;2-7,13H,12H2,1H3;2*2H2,1H3. The van der Waals surface area contributed by atoms with Crippen LogP contribution in [0.25, 0.3) is 32.3 Å². The summed E-state index contributed by atoms with van der Waals surface area (Å²) < 4.78 is 146. The zero-order chi connectivity index (χ0) is 52.6. The van der Waals surface area contributed by atoms with Gasteiger partial charge in [-0.05, 0) is 57.2 Å². The van der Waals surface area contributed by atoms with Gasteiger partial charge in [0.15, 0.2) is 0 Å². The van der Waals surface area contributed by atoms with Gasteiger partial charge in [-0.15, -0.1) is 12.4 Å². The molecule has 0 fully saturated rings. The summed E-state index contributed by atoms with van der Waals surface area (Å²) >= 11 is 6.29. The van der Waals surface area contributed by atoms with Gasteiger partial charge in [0.05, 0.1) is 33.5 Å². The fourth-order valence-electron chi connectivity index (χ4n) is 6.44. The van der Waals surface area contributed by atoms with E-state index in [-0.39, 0.29) is 14.7 Å². The Morgan fingerprint density at radius 3 is 1.10 bits per heavy atom. The highest BCUT2D eigenvalue weighted by Gasteiger charge is 2.25. The minimum Gasteiger partial charge on any atom is -0.398 e. The van der Waals surface area contributed by atoms with Gasteiger partial charge in [-0.3, -0.25) is 0 Å². The average molecular weight is 1200 g/mol. The molecule has 69 heavy (non-hydrogen) atoms. The number of rotatable bonds is 14. The Bertz CT molecular complexity index is 3400. The summed E-state index contributed by atoms with van der Waals surface area (Å²) in [4.78, 5) is 1.88. The Morgan fingerprint density at radius 1 is 0.435 bits per heavy atom. The predicted octanol–water partition coefficient (Wildman–Crippen LogP) is 6.90. The maximum absolute atomic E-state index is 12.4. The number of hydrogen-bond acceptors (Lipinski definition) is 15.